The van der Waals surface area contributed by atoms with E-state index < -0.39 is 5.41 Å². The highest BCUT2D eigenvalue weighted by molar-refractivity contribution is 6.08. The highest BCUT2D eigenvalue weighted by Gasteiger charge is 2.49. The number of benzene rings is 9. The zero-order valence-electron chi connectivity index (χ0n) is 29.2. The molecule has 12 rings (SSSR count). The first-order chi connectivity index (χ1) is 26.8. The summed E-state index contributed by atoms with van der Waals surface area (Å²) in [4.78, 5) is 2.40. The molecule has 10 aromatic rings. The minimum atomic E-state index is -0.641. The molecule has 0 saturated carbocycles. The Bertz CT molecular complexity index is 3120. The number of fused-ring (bicyclic) bond motifs is 12. The Labute approximate surface area is 311 Å². The third-order valence-electron chi connectivity index (χ3n) is 11.7. The zero-order chi connectivity index (χ0) is 35.4. The Morgan fingerprint density at radius 1 is 0.389 bits per heavy atom. The van der Waals surface area contributed by atoms with E-state index in [0.29, 0.717) is 0 Å². The van der Waals surface area contributed by atoms with Crippen molar-refractivity contribution in [3.05, 3.63) is 210 Å². The maximum Gasteiger partial charge on any atom is 0.137 e. The predicted molar refractivity (Wildman–Crippen MR) is 221 cm³/mol. The lowest BCUT2D eigenvalue weighted by atomic mass is 9.58. The molecule has 1 aliphatic heterocycles. The second-order valence-corrected chi connectivity index (χ2v) is 14.4. The van der Waals surface area contributed by atoms with Gasteiger partial charge in [0, 0.05) is 44.7 Å². The second kappa shape index (κ2) is 11.0. The van der Waals surface area contributed by atoms with Crippen LogP contribution in [0.4, 0.5) is 17.1 Å². The van der Waals surface area contributed by atoms with Gasteiger partial charge in [0.15, 0.2) is 0 Å². The first kappa shape index (κ1) is 29.5. The second-order valence-electron chi connectivity index (χ2n) is 14.4. The van der Waals surface area contributed by atoms with Crippen molar-refractivity contribution in [1.29, 1.82) is 0 Å². The monoisotopic (exact) mass is 689 g/mol. The summed E-state index contributed by atoms with van der Waals surface area (Å²) in [5, 5.41) is 7.11. The molecule has 0 saturated heterocycles. The van der Waals surface area contributed by atoms with Crippen LogP contribution >= 0.6 is 0 Å². The van der Waals surface area contributed by atoms with E-state index in [-0.39, 0.29) is 0 Å². The van der Waals surface area contributed by atoms with Crippen LogP contribution in [0.1, 0.15) is 22.3 Å². The van der Waals surface area contributed by atoms with Crippen molar-refractivity contribution in [1.82, 2.24) is 0 Å². The maximum atomic E-state index is 6.71. The molecule has 0 unspecified atom stereocenters. The lowest BCUT2D eigenvalue weighted by molar-refractivity contribution is 0.435. The van der Waals surface area contributed by atoms with Gasteiger partial charge in [-0.2, -0.15) is 0 Å². The van der Waals surface area contributed by atoms with E-state index in [1.54, 1.807) is 0 Å². The Balaban J connectivity index is 1.20. The van der Waals surface area contributed by atoms with Gasteiger partial charge in [-0.05, 0) is 86.9 Å². The minimum Gasteiger partial charge on any atom is -0.457 e. The fourth-order valence-electron chi connectivity index (χ4n) is 9.50. The molecular weight excluding hydrogens is 659 g/mol. The molecule has 252 valence electrons. The summed E-state index contributed by atoms with van der Waals surface area (Å²) in [6.07, 6.45) is 0. The average molecular weight is 690 g/mol. The predicted octanol–water partition coefficient (Wildman–Crippen LogP) is 13.8. The molecule has 0 fully saturated rings. The number of hydrogen-bond donors (Lipinski definition) is 0. The van der Waals surface area contributed by atoms with Crippen LogP contribution in [0.2, 0.25) is 0 Å². The van der Waals surface area contributed by atoms with Gasteiger partial charge in [-0.1, -0.05) is 133 Å². The van der Waals surface area contributed by atoms with Gasteiger partial charge in [0.1, 0.15) is 22.7 Å². The Kier molecular flexibility index (Phi) is 5.98. The number of hydrogen-bond acceptors (Lipinski definition) is 3. The Hall–Kier alpha value is -7.10. The minimum absolute atomic E-state index is 0.641. The largest absolute Gasteiger partial charge is 0.457 e. The molecule has 9 aromatic carbocycles. The van der Waals surface area contributed by atoms with Crippen LogP contribution in [0.25, 0.3) is 54.6 Å². The van der Waals surface area contributed by atoms with E-state index >= 15 is 0 Å². The van der Waals surface area contributed by atoms with Crippen LogP contribution < -0.4 is 9.64 Å². The summed E-state index contributed by atoms with van der Waals surface area (Å²) in [5.41, 5.74) is 11.6. The molecule has 2 heterocycles. The molecule has 1 spiro atoms. The summed E-state index contributed by atoms with van der Waals surface area (Å²) in [7, 11) is 0. The highest BCUT2D eigenvalue weighted by Crippen LogP contribution is 2.61. The lowest BCUT2D eigenvalue weighted by Gasteiger charge is -2.45. The van der Waals surface area contributed by atoms with Gasteiger partial charge in [-0.15, -0.1) is 0 Å². The summed E-state index contributed by atoms with van der Waals surface area (Å²) in [6, 6.07) is 67.9. The molecular formula is C51H31NO2. The van der Waals surface area contributed by atoms with Crippen molar-refractivity contribution < 1.29 is 9.15 Å². The van der Waals surface area contributed by atoms with E-state index in [9.17, 15) is 0 Å². The van der Waals surface area contributed by atoms with Crippen molar-refractivity contribution >= 4 is 60.5 Å². The maximum absolute atomic E-state index is 6.71. The van der Waals surface area contributed by atoms with E-state index in [1.807, 2.05) is 12.1 Å². The van der Waals surface area contributed by atoms with Crippen molar-refractivity contribution in [2.75, 3.05) is 4.90 Å². The van der Waals surface area contributed by atoms with Crippen LogP contribution in [-0.4, -0.2) is 0 Å². The summed E-state index contributed by atoms with van der Waals surface area (Å²) in [6.45, 7) is 0. The van der Waals surface area contributed by atoms with Gasteiger partial charge in [0.25, 0.3) is 0 Å². The summed E-state index contributed by atoms with van der Waals surface area (Å²) >= 11 is 0. The van der Waals surface area contributed by atoms with Crippen molar-refractivity contribution in [2.45, 2.75) is 5.41 Å². The van der Waals surface area contributed by atoms with E-state index in [0.717, 1.165) is 61.6 Å². The molecule has 0 radical (unpaired) electrons. The molecule has 0 N–H and O–H groups in total. The lowest BCUT2D eigenvalue weighted by Crippen LogP contribution is -2.36. The quantitative estimate of drug-likeness (QED) is 0.185. The number of nitrogens with zero attached hydrogens (tertiary/aromatic N) is 1. The molecule has 1 aliphatic carbocycles. The van der Waals surface area contributed by atoms with Crippen molar-refractivity contribution in [3.63, 3.8) is 0 Å². The van der Waals surface area contributed by atoms with Crippen LogP contribution in [-0.2, 0) is 5.41 Å². The van der Waals surface area contributed by atoms with Gasteiger partial charge < -0.3 is 14.1 Å². The molecule has 3 heteroatoms. The molecule has 2 aliphatic rings. The van der Waals surface area contributed by atoms with Gasteiger partial charge >= 0.3 is 0 Å². The van der Waals surface area contributed by atoms with Crippen molar-refractivity contribution in [2.24, 2.45) is 0 Å². The van der Waals surface area contributed by atoms with E-state index in [1.165, 1.54) is 43.8 Å². The third kappa shape index (κ3) is 3.90. The average Bonchev–Trinajstić information content (AvgIpc) is 3.60. The normalized spacial score (nSPS) is 13.5. The van der Waals surface area contributed by atoms with Crippen LogP contribution in [0.3, 0.4) is 0 Å². The first-order valence-electron chi connectivity index (χ1n) is 18.5. The smallest absolute Gasteiger partial charge is 0.137 e. The van der Waals surface area contributed by atoms with E-state index in [2.05, 4.69) is 181 Å². The number of ether oxygens (including phenoxy) is 1. The first-order valence-corrected chi connectivity index (χ1v) is 18.5. The summed E-state index contributed by atoms with van der Waals surface area (Å²) in [5.74, 6) is 1.76. The standard InChI is InChI=1S/C51H31NO2/c1-2-16-36-32(12-1)13-11-22-45(36)52(35-27-29-39-38-17-3-6-23-46(38)53-49(39)31-35)34-26-28-37-40-18-9-14-33-15-10-21-43(50(33)40)51(44(37)30-34)41-19-4-7-24-47(41)54-48-25-8-5-20-42(48)51/h1-31H. The van der Waals surface area contributed by atoms with Crippen LogP contribution in [0.15, 0.2) is 192 Å². The fourth-order valence-corrected chi connectivity index (χ4v) is 9.50. The fraction of sp³-hybridized carbons (Fsp3) is 0.0196. The van der Waals surface area contributed by atoms with Crippen molar-refractivity contribution in [3.8, 4) is 22.6 Å². The SMILES string of the molecule is c1ccc2c(c1)Oc1ccccc1C21c2cc(N(c3ccc4c(c3)oc3ccccc34)c3cccc4ccccc34)ccc2-c2cccc3cccc1c23. The number of para-hydroxylation sites is 3. The van der Waals surface area contributed by atoms with Crippen LogP contribution in [0, 0.1) is 0 Å². The Morgan fingerprint density at radius 2 is 1.00 bits per heavy atom. The van der Waals surface area contributed by atoms with Gasteiger partial charge in [-0.3, -0.25) is 0 Å². The van der Waals surface area contributed by atoms with Gasteiger partial charge in [-0.25, -0.2) is 0 Å². The van der Waals surface area contributed by atoms with E-state index in [4.69, 9.17) is 9.15 Å². The molecule has 0 bridgehead atoms. The topological polar surface area (TPSA) is 25.6 Å². The number of anilines is 3. The van der Waals surface area contributed by atoms with Gasteiger partial charge in [0.05, 0.1) is 11.1 Å². The number of rotatable bonds is 3. The molecule has 54 heavy (non-hydrogen) atoms. The molecule has 0 atom stereocenters. The Morgan fingerprint density at radius 3 is 1.85 bits per heavy atom. The molecule has 1 aromatic heterocycles. The van der Waals surface area contributed by atoms with Gasteiger partial charge in [0.2, 0.25) is 0 Å². The third-order valence-corrected chi connectivity index (χ3v) is 11.7. The number of furan rings is 1. The molecule has 0 amide bonds. The van der Waals surface area contributed by atoms with Crippen LogP contribution in [0.5, 0.6) is 11.5 Å². The summed E-state index contributed by atoms with van der Waals surface area (Å²) < 4.78 is 13.2. The molecule has 3 nitrogen and oxygen atoms in total. The zero-order valence-corrected chi connectivity index (χ0v) is 29.2. The highest BCUT2D eigenvalue weighted by atomic mass is 16.5.